The lowest BCUT2D eigenvalue weighted by atomic mass is 9.90. The minimum atomic E-state index is -0.735. The van der Waals surface area contributed by atoms with Crippen LogP contribution in [0.4, 0.5) is 0 Å². The molecule has 0 bridgehead atoms. The summed E-state index contributed by atoms with van der Waals surface area (Å²) in [6, 6.07) is 1.87. The first-order valence-electron chi connectivity index (χ1n) is 8.57. The summed E-state index contributed by atoms with van der Waals surface area (Å²) >= 11 is 0. The average molecular weight is 334 g/mol. The van der Waals surface area contributed by atoms with Crippen molar-refractivity contribution in [2.24, 2.45) is 0 Å². The number of hydrogen-bond donors (Lipinski definition) is 1. The molecule has 0 aliphatic carbocycles. The lowest BCUT2D eigenvalue weighted by Gasteiger charge is -2.42. The Kier molecular flexibility index (Phi) is 5.12. The number of morpholine rings is 1. The van der Waals surface area contributed by atoms with Crippen LogP contribution in [0, 0.1) is 6.92 Å². The largest absolute Gasteiger partial charge is 0.388 e. The second-order valence-electron chi connectivity index (χ2n) is 6.88. The van der Waals surface area contributed by atoms with Gasteiger partial charge in [-0.25, -0.2) is 9.97 Å². The van der Waals surface area contributed by atoms with Gasteiger partial charge >= 0.3 is 0 Å². The number of likely N-dealkylation sites (tertiary alicyclic amines) is 1. The normalized spacial score (nSPS) is 24.8. The van der Waals surface area contributed by atoms with Gasteiger partial charge in [0.15, 0.2) is 5.82 Å². The lowest BCUT2D eigenvalue weighted by molar-refractivity contribution is -0.134. The topological polar surface area (TPSA) is 78.8 Å². The van der Waals surface area contributed by atoms with Crippen molar-refractivity contribution >= 4 is 5.91 Å². The van der Waals surface area contributed by atoms with Crippen LogP contribution in [-0.4, -0.2) is 75.7 Å². The molecule has 1 aromatic rings. The third-order valence-corrected chi connectivity index (χ3v) is 4.91. The molecule has 132 valence electrons. The Labute approximate surface area is 142 Å². The van der Waals surface area contributed by atoms with Crippen molar-refractivity contribution in [3.8, 4) is 0 Å². The van der Waals surface area contributed by atoms with Crippen LogP contribution in [0.2, 0.25) is 0 Å². The van der Waals surface area contributed by atoms with Crippen molar-refractivity contribution in [3.05, 3.63) is 23.8 Å². The summed E-state index contributed by atoms with van der Waals surface area (Å²) in [6.07, 6.45) is 2.84. The van der Waals surface area contributed by atoms with Crippen LogP contribution in [0.25, 0.3) is 0 Å². The number of β-amino-alcohol motifs (C(OH)–C–C–N with tert-alkyl or cyclic N) is 1. The lowest BCUT2D eigenvalue weighted by Crippen LogP contribution is -2.53. The molecule has 1 aromatic heterocycles. The molecule has 1 N–H and O–H groups in total. The van der Waals surface area contributed by atoms with Gasteiger partial charge < -0.3 is 14.7 Å². The molecule has 2 aliphatic heterocycles. The minimum Gasteiger partial charge on any atom is -0.388 e. The molecule has 2 saturated heterocycles. The van der Waals surface area contributed by atoms with Gasteiger partial charge in [0.05, 0.1) is 12.2 Å². The fraction of sp³-hybridized carbons (Fsp3) is 0.706. The van der Waals surface area contributed by atoms with Crippen molar-refractivity contribution in [1.29, 1.82) is 0 Å². The third-order valence-electron chi connectivity index (χ3n) is 4.91. The molecule has 0 spiro atoms. The fourth-order valence-electron chi connectivity index (χ4n) is 3.44. The SMILES string of the molecule is CC(=O)N1CCC(O)(CN2CCOC(c3nccc(C)n3)C2)CC1. The maximum atomic E-state index is 11.4. The van der Waals surface area contributed by atoms with E-state index in [0.717, 1.165) is 12.2 Å². The highest BCUT2D eigenvalue weighted by Crippen LogP contribution is 2.26. The maximum absolute atomic E-state index is 11.4. The summed E-state index contributed by atoms with van der Waals surface area (Å²) in [6.45, 7) is 7.46. The van der Waals surface area contributed by atoms with Gasteiger partial charge in [-0.15, -0.1) is 0 Å². The molecule has 3 heterocycles. The predicted octanol–water partition coefficient (Wildman–Crippen LogP) is 0.532. The van der Waals surface area contributed by atoms with Gasteiger partial charge in [0.2, 0.25) is 5.91 Å². The summed E-state index contributed by atoms with van der Waals surface area (Å²) in [7, 11) is 0. The number of rotatable bonds is 3. The first-order valence-corrected chi connectivity index (χ1v) is 8.57. The van der Waals surface area contributed by atoms with E-state index in [9.17, 15) is 9.90 Å². The highest BCUT2D eigenvalue weighted by atomic mass is 16.5. The maximum Gasteiger partial charge on any atom is 0.219 e. The molecular formula is C17H26N4O3. The number of piperidine rings is 1. The molecular weight excluding hydrogens is 308 g/mol. The Morgan fingerprint density at radius 3 is 2.83 bits per heavy atom. The fourth-order valence-corrected chi connectivity index (χ4v) is 3.44. The predicted molar refractivity (Wildman–Crippen MR) is 88.3 cm³/mol. The van der Waals surface area contributed by atoms with Crippen molar-refractivity contribution in [1.82, 2.24) is 19.8 Å². The van der Waals surface area contributed by atoms with E-state index in [1.165, 1.54) is 0 Å². The van der Waals surface area contributed by atoms with Crippen LogP contribution in [-0.2, 0) is 9.53 Å². The molecule has 0 aromatic carbocycles. The Morgan fingerprint density at radius 2 is 2.17 bits per heavy atom. The summed E-state index contributed by atoms with van der Waals surface area (Å²) in [5.74, 6) is 0.790. The molecule has 3 rings (SSSR count). The Balaban J connectivity index is 1.58. The van der Waals surface area contributed by atoms with E-state index in [2.05, 4.69) is 14.9 Å². The summed E-state index contributed by atoms with van der Waals surface area (Å²) < 4.78 is 5.82. The van der Waals surface area contributed by atoms with Crippen LogP contribution in [0.15, 0.2) is 12.3 Å². The van der Waals surface area contributed by atoms with Gasteiger partial charge in [0.1, 0.15) is 6.10 Å². The molecule has 7 nitrogen and oxygen atoms in total. The molecule has 2 fully saturated rings. The number of hydrogen-bond acceptors (Lipinski definition) is 6. The monoisotopic (exact) mass is 334 g/mol. The van der Waals surface area contributed by atoms with E-state index in [1.54, 1.807) is 18.0 Å². The minimum absolute atomic E-state index is 0.0834. The van der Waals surface area contributed by atoms with E-state index in [1.807, 2.05) is 13.0 Å². The molecule has 1 atom stereocenters. The van der Waals surface area contributed by atoms with Gasteiger partial charge in [0, 0.05) is 51.5 Å². The second-order valence-corrected chi connectivity index (χ2v) is 6.88. The van der Waals surface area contributed by atoms with Gasteiger partial charge in [-0.05, 0) is 25.8 Å². The number of nitrogens with zero attached hydrogens (tertiary/aromatic N) is 4. The third kappa shape index (κ3) is 4.09. The van der Waals surface area contributed by atoms with E-state index >= 15 is 0 Å². The number of aromatic nitrogens is 2. The van der Waals surface area contributed by atoms with E-state index < -0.39 is 5.60 Å². The molecule has 1 unspecified atom stereocenters. The number of aryl methyl sites for hydroxylation is 1. The van der Waals surface area contributed by atoms with Crippen molar-refractivity contribution < 1.29 is 14.6 Å². The first-order chi connectivity index (χ1) is 11.5. The summed E-state index contributed by atoms with van der Waals surface area (Å²) in [5, 5.41) is 10.9. The van der Waals surface area contributed by atoms with Gasteiger partial charge in [-0.3, -0.25) is 9.69 Å². The average Bonchev–Trinajstić information content (AvgIpc) is 2.55. The summed E-state index contributed by atoms with van der Waals surface area (Å²) in [5.41, 5.74) is 0.192. The standard InChI is InChI=1S/C17H26N4O3/c1-13-3-6-18-16(19-13)15-11-20(9-10-24-15)12-17(23)4-7-21(8-5-17)14(2)22/h3,6,15,23H,4-5,7-12H2,1-2H3. The first kappa shape index (κ1) is 17.3. The molecule has 0 saturated carbocycles. The van der Waals surface area contributed by atoms with Crippen molar-refractivity contribution in [3.63, 3.8) is 0 Å². The number of aliphatic hydroxyl groups is 1. The van der Waals surface area contributed by atoms with E-state index in [4.69, 9.17) is 4.74 Å². The Hall–Kier alpha value is -1.57. The zero-order valence-electron chi connectivity index (χ0n) is 14.4. The second kappa shape index (κ2) is 7.13. The zero-order chi connectivity index (χ0) is 17.2. The number of amides is 1. The highest BCUT2D eigenvalue weighted by Gasteiger charge is 2.36. The van der Waals surface area contributed by atoms with E-state index in [-0.39, 0.29) is 12.0 Å². The van der Waals surface area contributed by atoms with Crippen LogP contribution in [0.1, 0.15) is 37.4 Å². The number of carbonyl (C=O) groups is 1. The van der Waals surface area contributed by atoms with Crippen LogP contribution in [0.3, 0.4) is 0 Å². The molecule has 0 radical (unpaired) electrons. The number of carbonyl (C=O) groups excluding carboxylic acids is 1. The quantitative estimate of drug-likeness (QED) is 0.869. The molecule has 24 heavy (non-hydrogen) atoms. The van der Waals surface area contributed by atoms with Crippen LogP contribution >= 0.6 is 0 Å². The van der Waals surface area contributed by atoms with Crippen LogP contribution < -0.4 is 0 Å². The number of ether oxygens (including phenoxy) is 1. The smallest absolute Gasteiger partial charge is 0.219 e. The van der Waals surface area contributed by atoms with Gasteiger partial charge in [-0.1, -0.05) is 0 Å². The van der Waals surface area contributed by atoms with Gasteiger partial charge in [-0.2, -0.15) is 0 Å². The molecule has 7 heteroatoms. The van der Waals surface area contributed by atoms with E-state index in [0.29, 0.717) is 51.5 Å². The van der Waals surface area contributed by atoms with Gasteiger partial charge in [0.25, 0.3) is 0 Å². The van der Waals surface area contributed by atoms with Crippen molar-refractivity contribution in [2.75, 3.05) is 39.3 Å². The summed E-state index contributed by atoms with van der Waals surface area (Å²) in [4.78, 5) is 24.2. The highest BCUT2D eigenvalue weighted by molar-refractivity contribution is 5.73. The molecule has 2 aliphatic rings. The van der Waals surface area contributed by atoms with Crippen molar-refractivity contribution in [2.45, 2.75) is 38.4 Å². The zero-order valence-corrected chi connectivity index (χ0v) is 14.4. The molecule has 1 amide bonds. The Morgan fingerprint density at radius 1 is 1.42 bits per heavy atom. The Bertz CT molecular complexity index is 587. The van der Waals surface area contributed by atoms with Crippen LogP contribution in [0.5, 0.6) is 0 Å².